The van der Waals surface area contributed by atoms with E-state index in [9.17, 15) is 18.0 Å². The smallest absolute Gasteiger partial charge is 0.264 e. The van der Waals surface area contributed by atoms with Gasteiger partial charge in [0.05, 0.1) is 10.6 Å². The SMILES string of the molecule is C[C@@H](C(=O)NC(C)(C)C)N(Cc1ccc(Br)cc1)C(=O)CN(c1ccccc1)S(=O)(=O)c1ccccc1. The molecule has 0 unspecified atom stereocenters. The van der Waals surface area contributed by atoms with Crippen LogP contribution in [0.15, 0.2) is 94.3 Å². The number of hydrogen-bond donors (Lipinski definition) is 1. The van der Waals surface area contributed by atoms with E-state index in [1.165, 1.54) is 17.0 Å². The second kappa shape index (κ2) is 11.9. The molecule has 9 heteroatoms. The maximum Gasteiger partial charge on any atom is 0.264 e. The molecule has 0 radical (unpaired) electrons. The molecule has 0 spiro atoms. The third-order valence-electron chi connectivity index (χ3n) is 5.59. The van der Waals surface area contributed by atoms with E-state index in [2.05, 4.69) is 21.2 Å². The van der Waals surface area contributed by atoms with Gasteiger partial charge >= 0.3 is 0 Å². The summed E-state index contributed by atoms with van der Waals surface area (Å²) in [6.07, 6.45) is 0. The van der Waals surface area contributed by atoms with Gasteiger partial charge in [-0.05, 0) is 69.7 Å². The molecular weight excluding hydrogens is 554 g/mol. The first-order chi connectivity index (χ1) is 17.4. The zero-order valence-electron chi connectivity index (χ0n) is 21.4. The Morgan fingerprint density at radius 3 is 1.97 bits per heavy atom. The van der Waals surface area contributed by atoms with Gasteiger partial charge in [0.2, 0.25) is 11.8 Å². The van der Waals surface area contributed by atoms with Gasteiger partial charge in [-0.25, -0.2) is 8.42 Å². The summed E-state index contributed by atoms with van der Waals surface area (Å²) in [4.78, 5) is 28.4. The molecule has 37 heavy (non-hydrogen) atoms. The largest absolute Gasteiger partial charge is 0.350 e. The van der Waals surface area contributed by atoms with Crippen LogP contribution in [-0.4, -0.2) is 43.3 Å². The zero-order chi connectivity index (χ0) is 27.2. The highest BCUT2D eigenvalue weighted by atomic mass is 79.9. The van der Waals surface area contributed by atoms with Crippen molar-refractivity contribution in [3.8, 4) is 0 Å². The Morgan fingerprint density at radius 1 is 0.892 bits per heavy atom. The van der Waals surface area contributed by atoms with Gasteiger partial charge in [-0.1, -0.05) is 64.5 Å². The number of nitrogens with zero attached hydrogens (tertiary/aromatic N) is 2. The first-order valence-electron chi connectivity index (χ1n) is 11.9. The van der Waals surface area contributed by atoms with Crippen molar-refractivity contribution >= 4 is 43.5 Å². The van der Waals surface area contributed by atoms with Crippen molar-refractivity contribution in [2.24, 2.45) is 0 Å². The Labute approximate surface area is 227 Å². The summed E-state index contributed by atoms with van der Waals surface area (Å²) in [6.45, 7) is 6.91. The first-order valence-corrected chi connectivity index (χ1v) is 14.1. The first kappa shape index (κ1) is 28.4. The molecule has 0 heterocycles. The van der Waals surface area contributed by atoms with Crippen LogP contribution in [-0.2, 0) is 26.2 Å². The molecule has 0 aliphatic heterocycles. The average Bonchev–Trinajstić information content (AvgIpc) is 2.86. The summed E-state index contributed by atoms with van der Waals surface area (Å²) >= 11 is 3.41. The molecule has 7 nitrogen and oxygen atoms in total. The van der Waals surface area contributed by atoms with Gasteiger partial charge in [0.1, 0.15) is 12.6 Å². The van der Waals surface area contributed by atoms with Gasteiger partial charge in [0.15, 0.2) is 0 Å². The fourth-order valence-corrected chi connectivity index (χ4v) is 5.39. The van der Waals surface area contributed by atoms with Crippen LogP contribution in [0.3, 0.4) is 0 Å². The molecule has 0 aliphatic carbocycles. The topological polar surface area (TPSA) is 86.8 Å². The standard InChI is InChI=1S/C28H32BrN3O4S/c1-21(27(34)30-28(2,3)4)31(19-22-15-17-23(29)18-16-22)26(33)20-32(24-11-7-5-8-12-24)37(35,36)25-13-9-6-10-14-25/h5-18,21H,19-20H2,1-4H3,(H,30,34)/t21-/m0/s1. The van der Waals surface area contributed by atoms with Crippen molar-refractivity contribution in [3.63, 3.8) is 0 Å². The molecule has 1 N–H and O–H groups in total. The third-order valence-corrected chi connectivity index (χ3v) is 7.90. The number of sulfonamides is 1. The highest BCUT2D eigenvalue weighted by molar-refractivity contribution is 9.10. The molecule has 0 aromatic heterocycles. The number of nitrogens with one attached hydrogen (secondary N) is 1. The number of carbonyl (C=O) groups is 2. The molecule has 0 saturated heterocycles. The molecule has 1 atom stereocenters. The molecule has 0 bridgehead atoms. The van der Waals surface area contributed by atoms with Crippen LogP contribution in [0.1, 0.15) is 33.3 Å². The van der Waals surface area contributed by atoms with Crippen LogP contribution in [0.2, 0.25) is 0 Å². The van der Waals surface area contributed by atoms with Crippen molar-refractivity contribution in [1.29, 1.82) is 0 Å². The van der Waals surface area contributed by atoms with Gasteiger partial charge in [-0.3, -0.25) is 13.9 Å². The van der Waals surface area contributed by atoms with Crippen molar-refractivity contribution < 1.29 is 18.0 Å². The van der Waals surface area contributed by atoms with Gasteiger partial charge in [-0.2, -0.15) is 0 Å². The number of carbonyl (C=O) groups excluding carboxylic acids is 2. The number of hydrogen-bond acceptors (Lipinski definition) is 4. The summed E-state index contributed by atoms with van der Waals surface area (Å²) in [5, 5.41) is 2.92. The van der Waals surface area contributed by atoms with E-state index in [4.69, 9.17) is 0 Å². The number of para-hydroxylation sites is 1. The molecular formula is C28H32BrN3O4S. The number of halogens is 1. The lowest BCUT2D eigenvalue weighted by Gasteiger charge is -2.33. The van der Waals surface area contributed by atoms with Crippen molar-refractivity contribution in [1.82, 2.24) is 10.2 Å². The minimum Gasteiger partial charge on any atom is -0.350 e. The van der Waals surface area contributed by atoms with Crippen LogP contribution in [0, 0.1) is 0 Å². The quantitative estimate of drug-likeness (QED) is 0.384. The lowest BCUT2D eigenvalue weighted by molar-refractivity contribution is -0.140. The summed E-state index contributed by atoms with van der Waals surface area (Å²) in [6, 6.07) is 23.1. The lowest BCUT2D eigenvalue weighted by Crippen LogP contribution is -2.54. The fraction of sp³-hybridized carbons (Fsp3) is 0.286. The highest BCUT2D eigenvalue weighted by Gasteiger charge is 2.33. The maximum atomic E-state index is 13.8. The Kier molecular flexibility index (Phi) is 9.15. The van der Waals surface area contributed by atoms with Gasteiger partial charge in [0.25, 0.3) is 10.0 Å². The van der Waals surface area contributed by atoms with Gasteiger partial charge in [-0.15, -0.1) is 0 Å². The summed E-state index contributed by atoms with van der Waals surface area (Å²) in [5.41, 5.74) is 0.670. The van der Waals surface area contributed by atoms with E-state index in [0.717, 1.165) is 14.3 Å². The Hall–Kier alpha value is -3.17. The monoisotopic (exact) mass is 585 g/mol. The van der Waals surface area contributed by atoms with Gasteiger partial charge < -0.3 is 10.2 Å². The minimum atomic E-state index is -4.06. The van der Waals surface area contributed by atoms with Crippen LogP contribution in [0.5, 0.6) is 0 Å². The second-order valence-electron chi connectivity index (χ2n) is 9.72. The highest BCUT2D eigenvalue weighted by Crippen LogP contribution is 2.24. The van der Waals surface area contributed by atoms with Crippen LogP contribution in [0.25, 0.3) is 0 Å². The molecule has 3 aromatic rings. The summed E-state index contributed by atoms with van der Waals surface area (Å²) < 4.78 is 29.3. The Bertz CT molecular complexity index is 1310. The lowest BCUT2D eigenvalue weighted by atomic mass is 10.1. The molecule has 196 valence electrons. The Morgan fingerprint density at radius 2 is 1.43 bits per heavy atom. The van der Waals surface area contributed by atoms with Crippen LogP contribution >= 0.6 is 15.9 Å². The van der Waals surface area contributed by atoms with E-state index in [-0.39, 0.29) is 17.3 Å². The second-order valence-corrected chi connectivity index (χ2v) is 12.5. The van der Waals surface area contributed by atoms with E-state index < -0.39 is 34.1 Å². The van der Waals surface area contributed by atoms with E-state index in [0.29, 0.717) is 5.69 Å². The molecule has 3 aromatic carbocycles. The molecule has 2 amide bonds. The van der Waals surface area contributed by atoms with Gasteiger partial charge in [0, 0.05) is 16.6 Å². The summed E-state index contributed by atoms with van der Waals surface area (Å²) in [7, 11) is -4.06. The van der Waals surface area contributed by atoms with Crippen LogP contribution in [0.4, 0.5) is 5.69 Å². The zero-order valence-corrected chi connectivity index (χ0v) is 23.8. The van der Waals surface area contributed by atoms with Crippen LogP contribution < -0.4 is 9.62 Å². The summed E-state index contributed by atoms with van der Waals surface area (Å²) in [5.74, 6) is -0.821. The molecule has 3 rings (SSSR count). The van der Waals surface area contributed by atoms with E-state index >= 15 is 0 Å². The third kappa shape index (κ3) is 7.66. The molecule has 0 fully saturated rings. The van der Waals surface area contributed by atoms with E-state index in [1.807, 2.05) is 45.0 Å². The predicted molar refractivity (Wildman–Crippen MR) is 149 cm³/mol. The van der Waals surface area contributed by atoms with Crippen molar-refractivity contribution in [2.45, 2.75) is 50.7 Å². The number of benzene rings is 3. The van der Waals surface area contributed by atoms with E-state index in [1.54, 1.807) is 55.5 Å². The number of amides is 2. The molecule has 0 aliphatic rings. The Balaban J connectivity index is 1.99. The fourth-order valence-electron chi connectivity index (χ4n) is 3.69. The maximum absolute atomic E-state index is 13.8. The number of anilines is 1. The predicted octanol–water partition coefficient (Wildman–Crippen LogP) is 4.98. The normalized spacial score (nSPS) is 12.5. The van der Waals surface area contributed by atoms with Crippen molar-refractivity contribution in [2.75, 3.05) is 10.8 Å². The number of rotatable bonds is 9. The minimum absolute atomic E-state index is 0.0737. The molecule has 0 saturated carbocycles. The average molecular weight is 587 g/mol. The van der Waals surface area contributed by atoms with Crippen molar-refractivity contribution in [3.05, 3.63) is 95.0 Å².